The third kappa shape index (κ3) is 4.61. The molecule has 0 bridgehead atoms. The first-order chi connectivity index (χ1) is 13.5. The molecule has 0 atom stereocenters. The molecule has 2 aromatic heterocycles. The van der Waals surface area contributed by atoms with Gasteiger partial charge in [-0.1, -0.05) is 49.3 Å². The molecule has 0 saturated carbocycles. The first kappa shape index (κ1) is 19.7. The van der Waals surface area contributed by atoms with Crippen molar-refractivity contribution in [3.63, 3.8) is 0 Å². The van der Waals surface area contributed by atoms with Gasteiger partial charge in [-0.2, -0.15) is 4.98 Å². The van der Waals surface area contributed by atoms with Gasteiger partial charge in [0.1, 0.15) is 0 Å². The van der Waals surface area contributed by atoms with Crippen molar-refractivity contribution in [1.82, 2.24) is 15.1 Å². The van der Waals surface area contributed by atoms with E-state index in [1.807, 2.05) is 44.2 Å². The van der Waals surface area contributed by atoms with Crippen molar-refractivity contribution in [3.8, 4) is 11.4 Å². The molecule has 0 unspecified atom stereocenters. The second kappa shape index (κ2) is 8.75. The molecule has 146 valence electrons. The van der Waals surface area contributed by atoms with Gasteiger partial charge in [-0.15, -0.1) is 11.3 Å². The molecule has 0 radical (unpaired) electrons. The maximum Gasteiger partial charge on any atom is 0.357 e. The Balaban J connectivity index is 1.61. The van der Waals surface area contributed by atoms with Gasteiger partial charge in [-0.25, -0.2) is 9.78 Å². The van der Waals surface area contributed by atoms with E-state index in [1.165, 1.54) is 18.4 Å². The first-order valence-corrected chi connectivity index (χ1v) is 9.56. The van der Waals surface area contributed by atoms with Crippen LogP contribution in [0.1, 0.15) is 47.4 Å². The largest absolute Gasteiger partial charge is 0.464 e. The normalized spacial score (nSPS) is 10.9. The Hall–Kier alpha value is -3.07. The number of amides is 1. The number of nitrogens with one attached hydrogen (secondary N) is 1. The molecule has 0 aliphatic heterocycles. The van der Waals surface area contributed by atoms with Crippen molar-refractivity contribution in [2.75, 3.05) is 12.4 Å². The van der Waals surface area contributed by atoms with Gasteiger partial charge >= 0.3 is 5.97 Å². The quantitative estimate of drug-likeness (QED) is 0.603. The number of hydrogen-bond donors (Lipinski definition) is 1. The Labute approximate surface area is 165 Å². The Bertz CT molecular complexity index is 965. The zero-order chi connectivity index (χ0) is 20.1. The maximum absolute atomic E-state index is 12.2. The van der Waals surface area contributed by atoms with Crippen molar-refractivity contribution in [3.05, 3.63) is 46.8 Å². The summed E-state index contributed by atoms with van der Waals surface area (Å²) in [5.74, 6) is 0.193. The van der Waals surface area contributed by atoms with Crippen LogP contribution in [0, 0.1) is 0 Å². The van der Waals surface area contributed by atoms with Gasteiger partial charge in [0.05, 0.1) is 7.11 Å². The molecule has 2 heterocycles. The van der Waals surface area contributed by atoms with E-state index in [1.54, 1.807) is 0 Å². The number of thiazole rings is 1. The van der Waals surface area contributed by atoms with E-state index in [9.17, 15) is 9.59 Å². The van der Waals surface area contributed by atoms with E-state index < -0.39 is 5.97 Å². The third-order valence-corrected chi connectivity index (χ3v) is 5.14. The fourth-order valence-electron chi connectivity index (χ4n) is 2.48. The summed E-state index contributed by atoms with van der Waals surface area (Å²) in [5.41, 5.74) is 1.09. The maximum atomic E-state index is 12.2. The second-order valence-electron chi connectivity index (χ2n) is 6.30. The van der Waals surface area contributed by atoms with Crippen LogP contribution in [0.4, 0.5) is 5.13 Å². The van der Waals surface area contributed by atoms with Gasteiger partial charge in [0.15, 0.2) is 10.8 Å². The molecule has 0 spiro atoms. The number of methoxy groups -OCH3 is 1. The fourth-order valence-corrected chi connectivity index (χ4v) is 3.45. The number of rotatable bonds is 7. The first-order valence-electron chi connectivity index (χ1n) is 8.74. The van der Waals surface area contributed by atoms with Crippen LogP contribution >= 0.6 is 11.3 Å². The van der Waals surface area contributed by atoms with Crippen LogP contribution in [0.25, 0.3) is 11.4 Å². The fraction of sp³-hybridized carbons (Fsp3) is 0.316. The predicted octanol–water partition coefficient (Wildman–Crippen LogP) is 3.67. The molecule has 3 rings (SSSR count). The number of benzene rings is 1. The highest BCUT2D eigenvalue weighted by Gasteiger charge is 2.22. The van der Waals surface area contributed by atoms with Crippen molar-refractivity contribution >= 4 is 28.3 Å². The van der Waals surface area contributed by atoms with Crippen LogP contribution in [0.2, 0.25) is 0 Å². The number of nitrogens with zero attached hydrogens (tertiary/aromatic N) is 3. The van der Waals surface area contributed by atoms with Gasteiger partial charge in [0.25, 0.3) is 0 Å². The average molecular weight is 400 g/mol. The average Bonchev–Trinajstić information content (AvgIpc) is 3.34. The Morgan fingerprint density at radius 3 is 2.64 bits per heavy atom. The molecular formula is C19H20N4O4S. The Morgan fingerprint density at radius 2 is 1.96 bits per heavy atom. The summed E-state index contributed by atoms with van der Waals surface area (Å²) in [6.07, 6.45) is 0.457. The summed E-state index contributed by atoms with van der Waals surface area (Å²) >= 11 is 1.27. The van der Waals surface area contributed by atoms with E-state index in [0.29, 0.717) is 23.3 Å². The van der Waals surface area contributed by atoms with Crippen LogP contribution in [-0.2, 0) is 16.0 Å². The molecule has 1 N–H and O–H groups in total. The van der Waals surface area contributed by atoms with Crippen molar-refractivity contribution in [2.45, 2.75) is 32.6 Å². The van der Waals surface area contributed by atoms with Crippen LogP contribution in [0.3, 0.4) is 0 Å². The Kier molecular flexibility index (Phi) is 6.15. The Morgan fingerprint density at radius 1 is 1.21 bits per heavy atom. The number of aromatic nitrogens is 3. The van der Waals surface area contributed by atoms with Crippen molar-refractivity contribution in [2.24, 2.45) is 0 Å². The number of hydrogen-bond acceptors (Lipinski definition) is 8. The molecule has 0 fully saturated rings. The molecule has 1 amide bonds. The summed E-state index contributed by atoms with van der Waals surface area (Å²) in [6, 6.07) is 9.45. The lowest BCUT2D eigenvalue weighted by atomic mass is 10.1. The van der Waals surface area contributed by atoms with Crippen LogP contribution in [-0.4, -0.2) is 34.1 Å². The molecule has 8 nitrogen and oxygen atoms in total. The molecule has 9 heteroatoms. The van der Waals surface area contributed by atoms with E-state index in [-0.39, 0.29) is 23.9 Å². The third-order valence-electron chi connectivity index (χ3n) is 3.87. The van der Waals surface area contributed by atoms with Crippen molar-refractivity contribution < 1.29 is 18.8 Å². The lowest BCUT2D eigenvalue weighted by molar-refractivity contribution is -0.116. The summed E-state index contributed by atoms with van der Waals surface area (Å²) in [7, 11) is 1.30. The number of esters is 1. The lowest BCUT2D eigenvalue weighted by Crippen LogP contribution is -2.12. The van der Waals surface area contributed by atoms with Gasteiger partial charge in [-0.3, -0.25) is 4.79 Å². The van der Waals surface area contributed by atoms with E-state index >= 15 is 0 Å². The summed E-state index contributed by atoms with van der Waals surface area (Å²) in [4.78, 5) is 33.4. The van der Waals surface area contributed by atoms with E-state index in [0.717, 1.165) is 10.4 Å². The second-order valence-corrected chi connectivity index (χ2v) is 7.33. The van der Waals surface area contributed by atoms with Crippen molar-refractivity contribution in [1.29, 1.82) is 0 Å². The molecule has 3 aromatic rings. The highest BCUT2D eigenvalue weighted by Crippen LogP contribution is 2.30. The number of carbonyl (C=O) groups excluding carboxylic acids is 2. The monoisotopic (exact) mass is 400 g/mol. The van der Waals surface area contributed by atoms with Gasteiger partial charge < -0.3 is 14.6 Å². The number of aryl methyl sites for hydroxylation is 1. The molecule has 0 aliphatic rings. The standard InChI is InChI=1S/C19H20N4O4S/c1-11(2)16-15(18(25)26-3)22-19(28-16)20-13(24)9-10-14-21-17(23-27-14)12-7-5-4-6-8-12/h4-8,11H,9-10H2,1-3H3,(H,20,22,24). The molecule has 0 aliphatic carbocycles. The number of ether oxygens (including phenoxy) is 1. The minimum absolute atomic E-state index is 0.0899. The summed E-state index contributed by atoms with van der Waals surface area (Å²) in [5, 5.41) is 7.01. The summed E-state index contributed by atoms with van der Waals surface area (Å²) in [6.45, 7) is 3.90. The number of carbonyl (C=O) groups is 2. The zero-order valence-electron chi connectivity index (χ0n) is 15.8. The lowest BCUT2D eigenvalue weighted by Gasteiger charge is -2.02. The molecule has 1 aromatic carbocycles. The van der Waals surface area contributed by atoms with Crippen LogP contribution in [0.5, 0.6) is 0 Å². The topological polar surface area (TPSA) is 107 Å². The zero-order valence-corrected chi connectivity index (χ0v) is 16.6. The number of anilines is 1. The van der Waals surface area contributed by atoms with E-state index in [4.69, 9.17) is 9.26 Å². The highest BCUT2D eigenvalue weighted by molar-refractivity contribution is 7.16. The highest BCUT2D eigenvalue weighted by atomic mass is 32.1. The smallest absolute Gasteiger partial charge is 0.357 e. The van der Waals surface area contributed by atoms with Gasteiger partial charge in [0.2, 0.25) is 17.6 Å². The minimum atomic E-state index is -0.514. The van der Waals surface area contributed by atoms with E-state index in [2.05, 4.69) is 20.4 Å². The predicted molar refractivity (Wildman–Crippen MR) is 104 cm³/mol. The SMILES string of the molecule is COC(=O)c1nc(NC(=O)CCc2nc(-c3ccccc3)no2)sc1C(C)C. The molecule has 0 saturated heterocycles. The van der Waals surface area contributed by atoms with Crippen LogP contribution < -0.4 is 5.32 Å². The van der Waals surface area contributed by atoms with Gasteiger partial charge in [0, 0.05) is 23.3 Å². The minimum Gasteiger partial charge on any atom is -0.464 e. The molecule has 28 heavy (non-hydrogen) atoms. The molecular weight excluding hydrogens is 380 g/mol. The van der Waals surface area contributed by atoms with Gasteiger partial charge in [-0.05, 0) is 5.92 Å². The summed E-state index contributed by atoms with van der Waals surface area (Å²) < 4.78 is 9.96. The van der Waals surface area contributed by atoms with Crippen LogP contribution in [0.15, 0.2) is 34.9 Å².